The second-order valence-corrected chi connectivity index (χ2v) is 6.00. The van der Waals surface area contributed by atoms with E-state index >= 15 is 0 Å². The molecule has 2 amide bonds. The Morgan fingerprint density at radius 2 is 1.82 bits per heavy atom. The summed E-state index contributed by atoms with van der Waals surface area (Å²) in [6, 6.07) is 12.6. The summed E-state index contributed by atoms with van der Waals surface area (Å²) in [6.45, 7) is 3.75. The Labute approximate surface area is 133 Å². The van der Waals surface area contributed by atoms with Crippen LogP contribution in [0.1, 0.15) is 29.1 Å². The van der Waals surface area contributed by atoms with Gasteiger partial charge in [-0.25, -0.2) is 0 Å². The van der Waals surface area contributed by atoms with Gasteiger partial charge in [-0.2, -0.15) is 0 Å². The molecule has 1 aromatic heterocycles. The molecule has 2 aromatic rings. The number of hydrogen-bond donors (Lipinski definition) is 2. The summed E-state index contributed by atoms with van der Waals surface area (Å²) < 4.78 is 0. The van der Waals surface area contributed by atoms with Gasteiger partial charge >= 0.3 is 0 Å². The molecule has 2 rings (SSSR count). The molecule has 114 valence electrons. The smallest absolute Gasteiger partial charge is 0.268 e. The van der Waals surface area contributed by atoms with Crippen molar-refractivity contribution >= 4 is 29.2 Å². The molecule has 0 aliphatic heterocycles. The molecule has 0 spiro atoms. The Morgan fingerprint density at radius 3 is 2.41 bits per heavy atom. The molecule has 0 atom stereocenters. The fraction of sp³-hybridized carbons (Fsp3) is 0.176. The van der Waals surface area contributed by atoms with Crippen LogP contribution in [0.15, 0.2) is 53.5 Å². The molecule has 4 nitrogen and oxygen atoms in total. The third-order valence-electron chi connectivity index (χ3n) is 2.78. The van der Waals surface area contributed by atoms with Gasteiger partial charge in [0.2, 0.25) is 0 Å². The minimum Gasteiger partial charge on any atom is -0.349 e. The lowest BCUT2D eigenvalue weighted by Gasteiger charge is -2.12. The lowest BCUT2D eigenvalue weighted by atomic mass is 10.2. The molecule has 0 saturated heterocycles. The summed E-state index contributed by atoms with van der Waals surface area (Å²) in [6.07, 6.45) is 1.68. The van der Waals surface area contributed by atoms with E-state index in [1.54, 1.807) is 30.3 Å². The molecule has 5 heteroatoms. The minimum atomic E-state index is -0.303. The van der Waals surface area contributed by atoms with Crippen molar-refractivity contribution in [2.75, 3.05) is 0 Å². The van der Waals surface area contributed by atoms with Crippen LogP contribution in [0.3, 0.4) is 0 Å². The van der Waals surface area contributed by atoms with E-state index in [0.717, 1.165) is 4.88 Å². The monoisotopic (exact) mass is 314 g/mol. The van der Waals surface area contributed by atoms with Crippen LogP contribution in [0, 0.1) is 0 Å². The SMILES string of the molecule is CC(C)NC(=O)C(=Cc1cccs1)NC(=O)c1ccccc1. The minimum absolute atomic E-state index is 0.00661. The normalized spacial score (nSPS) is 11.3. The number of thiophene rings is 1. The predicted octanol–water partition coefficient (Wildman–Crippen LogP) is 3.04. The number of hydrogen-bond acceptors (Lipinski definition) is 3. The maximum Gasteiger partial charge on any atom is 0.268 e. The van der Waals surface area contributed by atoms with Crippen molar-refractivity contribution in [3.8, 4) is 0 Å². The molecular weight excluding hydrogens is 296 g/mol. The molecule has 0 saturated carbocycles. The first-order valence-corrected chi connectivity index (χ1v) is 7.86. The van der Waals surface area contributed by atoms with Gasteiger partial charge < -0.3 is 10.6 Å². The predicted molar refractivity (Wildman–Crippen MR) is 89.5 cm³/mol. The Kier molecular flexibility index (Phi) is 5.49. The van der Waals surface area contributed by atoms with Crippen molar-refractivity contribution < 1.29 is 9.59 Å². The van der Waals surface area contributed by atoms with Crippen LogP contribution >= 0.6 is 11.3 Å². The number of rotatable bonds is 5. The molecule has 0 unspecified atom stereocenters. The van der Waals surface area contributed by atoms with E-state index in [1.165, 1.54) is 11.3 Å². The van der Waals surface area contributed by atoms with Crippen molar-refractivity contribution in [1.82, 2.24) is 10.6 Å². The molecule has 2 N–H and O–H groups in total. The number of carbonyl (C=O) groups excluding carboxylic acids is 2. The highest BCUT2D eigenvalue weighted by Crippen LogP contribution is 2.13. The Bertz CT molecular complexity index is 661. The number of benzene rings is 1. The van der Waals surface area contributed by atoms with Crippen LogP contribution in [-0.4, -0.2) is 17.9 Å². The van der Waals surface area contributed by atoms with Crippen LogP contribution in [0.25, 0.3) is 6.08 Å². The maximum absolute atomic E-state index is 12.3. The third kappa shape index (κ3) is 4.56. The Hall–Kier alpha value is -2.40. The van der Waals surface area contributed by atoms with Gasteiger partial charge in [-0.05, 0) is 43.5 Å². The second-order valence-electron chi connectivity index (χ2n) is 5.02. The van der Waals surface area contributed by atoms with Gasteiger partial charge in [0.25, 0.3) is 11.8 Å². The van der Waals surface area contributed by atoms with E-state index < -0.39 is 0 Å². The highest BCUT2D eigenvalue weighted by Gasteiger charge is 2.15. The van der Waals surface area contributed by atoms with Crippen molar-refractivity contribution in [2.45, 2.75) is 19.9 Å². The van der Waals surface area contributed by atoms with Gasteiger partial charge in [0, 0.05) is 16.5 Å². The van der Waals surface area contributed by atoms with E-state index in [4.69, 9.17) is 0 Å². The standard InChI is InChI=1S/C17H18N2O2S/c1-12(2)18-17(21)15(11-14-9-6-10-22-14)19-16(20)13-7-4-3-5-8-13/h3-12H,1-2H3,(H,18,21)(H,19,20). The molecular formula is C17H18N2O2S. The summed E-state index contributed by atoms with van der Waals surface area (Å²) in [5, 5.41) is 7.41. The van der Waals surface area contributed by atoms with E-state index in [9.17, 15) is 9.59 Å². The van der Waals surface area contributed by atoms with Crippen molar-refractivity contribution in [3.63, 3.8) is 0 Å². The first-order valence-electron chi connectivity index (χ1n) is 6.98. The zero-order valence-electron chi connectivity index (χ0n) is 12.5. The van der Waals surface area contributed by atoms with E-state index in [2.05, 4.69) is 10.6 Å². The number of carbonyl (C=O) groups is 2. The molecule has 0 radical (unpaired) electrons. The van der Waals surface area contributed by atoms with Crippen LogP contribution in [-0.2, 0) is 4.79 Å². The highest BCUT2D eigenvalue weighted by molar-refractivity contribution is 7.10. The number of nitrogens with one attached hydrogen (secondary N) is 2. The average molecular weight is 314 g/mol. The summed E-state index contributed by atoms with van der Waals surface area (Å²) in [5.41, 5.74) is 0.752. The molecule has 0 bridgehead atoms. The fourth-order valence-electron chi connectivity index (χ4n) is 1.80. The Morgan fingerprint density at radius 1 is 1.09 bits per heavy atom. The van der Waals surface area contributed by atoms with Gasteiger partial charge in [-0.15, -0.1) is 11.3 Å². The summed E-state index contributed by atoms with van der Waals surface area (Å²) >= 11 is 1.50. The van der Waals surface area contributed by atoms with Crippen LogP contribution in [0.5, 0.6) is 0 Å². The van der Waals surface area contributed by atoms with Crippen molar-refractivity contribution in [1.29, 1.82) is 0 Å². The van der Waals surface area contributed by atoms with Gasteiger partial charge in [0.1, 0.15) is 5.70 Å². The topological polar surface area (TPSA) is 58.2 Å². The average Bonchev–Trinajstić information content (AvgIpc) is 2.99. The summed E-state index contributed by atoms with van der Waals surface area (Å²) in [5.74, 6) is -0.602. The van der Waals surface area contributed by atoms with Crippen LogP contribution < -0.4 is 10.6 Å². The van der Waals surface area contributed by atoms with E-state index in [-0.39, 0.29) is 23.6 Å². The largest absolute Gasteiger partial charge is 0.349 e. The fourth-order valence-corrected chi connectivity index (χ4v) is 2.46. The number of amides is 2. The van der Waals surface area contributed by atoms with Gasteiger partial charge in [-0.3, -0.25) is 9.59 Å². The first kappa shape index (κ1) is 16.0. The van der Waals surface area contributed by atoms with Gasteiger partial charge in [-0.1, -0.05) is 24.3 Å². The molecule has 0 aliphatic carbocycles. The molecule has 0 fully saturated rings. The third-order valence-corrected chi connectivity index (χ3v) is 3.60. The van der Waals surface area contributed by atoms with Gasteiger partial charge in [0.05, 0.1) is 0 Å². The van der Waals surface area contributed by atoms with Crippen LogP contribution in [0.2, 0.25) is 0 Å². The molecule has 22 heavy (non-hydrogen) atoms. The lowest BCUT2D eigenvalue weighted by molar-refractivity contribution is -0.118. The quantitative estimate of drug-likeness (QED) is 0.833. The second kappa shape index (κ2) is 7.56. The van der Waals surface area contributed by atoms with Crippen LogP contribution in [0.4, 0.5) is 0 Å². The lowest BCUT2D eigenvalue weighted by Crippen LogP contribution is -2.38. The van der Waals surface area contributed by atoms with Crippen molar-refractivity contribution in [2.24, 2.45) is 0 Å². The molecule has 1 heterocycles. The Balaban J connectivity index is 2.21. The molecule has 0 aliphatic rings. The highest BCUT2D eigenvalue weighted by atomic mass is 32.1. The van der Waals surface area contributed by atoms with Crippen molar-refractivity contribution in [3.05, 3.63) is 64.0 Å². The van der Waals surface area contributed by atoms with E-state index in [1.807, 2.05) is 37.4 Å². The zero-order chi connectivity index (χ0) is 15.9. The maximum atomic E-state index is 12.3. The van der Waals surface area contributed by atoms with E-state index in [0.29, 0.717) is 5.56 Å². The first-order chi connectivity index (χ1) is 10.6. The summed E-state index contributed by atoms with van der Waals surface area (Å²) in [7, 11) is 0. The summed E-state index contributed by atoms with van der Waals surface area (Å²) in [4.78, 5) is 25.4. The van der Waals surface area contributed by atoms with Gasteiger partial charge in [0.15, 0.2) is 0 Å². The zero-order valence-corrected chi connectivity index (χ0v) is 13.3. The molecule has 1 aromatic carbocycles.